The number of nitrogens with one attached hydrogen (secondary N) is 2. The van der Waals surface area contributed by atoms with Crippen LogP contribution in [0.3, 0.4) is 0 Å². The molecule has 9 nitrogen and oxygen atoms in total. The number of nitrogens with zero attached hydrogens (tertiary/aromatic N) is 2. The SMILES string of the molecule is CCOc1ccc(C(C(=O)NC2CCCCC2)N(C(=O)CCCC(=O)Nc2ccccn2)c2ccccc2OCC)cc1. The number of pyridine rings is 1. The third-order valence-electron chi connectivity index (χ3n) is 7.39. The van der Waals surface area contributed by atoms with E-state index in [4.69, 9.17) is 9.47 Å². The third-order valence-corrected chi connectivity index (χ3v) is 7.39. The Morgan fingerprint density at radius 3 is 2.30 bits per heavy atom. The zero-order chi connectivity index (χ0) is 30.4. The summed E-state index contributed by atoms with van der Waals surface area (Å²) in [5.74, 6) is 0.892. The van der Waals surface area contributed by atoms with Gasteiger partial charge >= 0.3 is 0 Å². The topological polar surface area (TPSA) is 110 Å². The number of carbonyl (C=O) groups excluding carboxylic acids is 3. The van der Waals surface area contributed by atoms with Crippen LogP contribution in [0.25, 0.3) is 0 Å². The molecule has 0 spiro atoms. The van der Waals surface area contributed by atoms with Crippen molar-refractivity contribution < 1.29 is 23.9 Å². The van der Waals surface area contributed by atoms with E-state index in [0.29, 0.717) is 48.2 Å². The van der Waals surface area contributed by atoms with Crippen molar-refractivity contribution in [3.8, 4) is 11.5 Å². The van der Waals surface area contributed by atoms with Crippen LogP contribution in [0.5, 0.6) is 11.5 Å². The molecule has 2 N–H and O–H groups in total. The van der Waals surface area contributed by atoms with E-state index in [9.17, 15) is 14.4 Å². The molecule has 1 fully saturated rings. The second-order valence-electron chi connectivity index (χ2n) is 10.5. The Morgan fingerprint density at radius 1 is 0.884 bits per heavy atom. The molecule has 2 aromatic carbocycles. The van der Waals surface area contributed by atoms with E-state index in [0.717, 1.165) is 32.1 Å². The maximum absolute atomic E-state index is 14.1. The van der Waals surface area contributed by atoms with E-state index in [2.05, 4.69) is 15.6 Å². The minimum absolute atomic E-state index is 0.0559. The number of aromatic nitrogens is 1. The van der Waals surface area contributed by atoms with Crippen molar-refractivity contribution in [2.75, 3.05) is 23.4 Å². The number of anilines is 2. The Hall–Kier alpha value is -4.40. The van der Waals surface area contributed by atoms with E-state index in [1.165, 1.54) is 4.90 Å². The van der Waals surface area contributed by atoms with E-state index in [1.54, 1.807) is 36.5 Å². The van der Waals surface area contributed by atoms with E-state index >= 15 is 0 Å². The summed E-state index contributed by atoms with van der Waals surface area (Å²) < 4.78 is 11.6. The lowest BCUT2D eigenvalue weighted by Crippen LogP contribution is -2.47. The normalized spacial score (nSPS) is 13.9. The van der Waals surface area contributed by atoms with Gasteiger partial charge in [-0.1, -0.05) is 49.6 Å². The van der Waals surface area contributed by atoms with Crippen LogP contribution >= 0.6 is 0 Å². The van der Waals surface area contributed by atoms with Gasteiger partial charge in [-0.25, -0.2) is 4.98 Å². The van der Waals surface area contributed by atoms with Crippen LogP contribution in [0.15, 0.2) is 72.9 Å². The van der Waals surface area contributed by atoms with Crippen LogP contribution in [0, 0.1) is 0 Å². The summed E-state index contributed by atoms with van der Waals surface area (Å²) in [5, 5.41) is 6.00. The molecule has 228 valence electrons. The van der Waals surface area contributed by atoms with Crippen LogP contribution in [-0.4, -0.2) is 42.0 Å². The third kappa shape index (κ3) is 9.04. The second kappa shape index (κ2) is 16.3. The first kappa shape index (κ1) is 31.5. The number of benzene rings is 2. The average Bonchev–Trinajstić information content (AvgIpc) is 3.02. The first-order chi connectivity index (χ1) is 21.0. The van der Waals surface area contributed by atoms with Gasteiger partial charge in [0.1, 0.15) is 23.4 Å². The molecule has 1 aliphatic carbocycles. The van der Waals surface area contributed by atoms with Crippen LogP contribution in [0.2, 0.25) is 0 Å². The standard InChI is InChI=1S/C34H42N4O5/c1-3-42-27-22-20-25(21-23-27)33(34(41)36-26-13-6-5-7-14-26)38(28-15-8-9-16-29(28)43-4-2)32(40)19-12-18-31(39)37-30-17-10-11-24-35-30/h8-11,15-17,20-24,26,33H,3-7,12-14,18-19H2,1-2H3,(H,36,41)(H,35,37,39). The Kier molecular flexibility index (Phi) is 11.9. The summed E-state index contributed by atoms with van der Waals surface area (Å²) in [6.45, 7) is 4.71. The predicted octanol–water partition coefficient (Wildman–Crippen LogP) is 6.21. The minimum atomic E-state index is -0.950. The van der Waals surface area contributed by atoms with Gasteiger partial charge in [0.15, 0.2) is 0 Å². The molecular formula is C34H42N4O5. The van der Waals surface area contributed by atoms with Gasteiger partial charge in [0.25, 0.3) is 0 Å². The average molecular weight is 587 g/mol. The fraction of sp³-hybridized carbons (Fsp3) is 0.412. The zero-order valence-corrected chi connectivity index (χ0v) is 25.1. The van der Waals surface area contributed by atoms with E-state index < -0.39 is 6.04 Å². The van der Waals surface area contributed by atoms with E-state index in [-0.39, 0.29) is 36.6 Å². The molecule has 1 heterocycles. The molecule has 4 rings (SSSR count). The van der Waals surface area contributed by atoms with Crippen LogP contribution < -0.4 is 25.0 Å². The van der Waals surface area contributed by atoms with Gasteiger partial charge in [0, 0.05) is 25.1 Å². The first-order valence-electron chi connectivity index (χ1n) is 15.3. The molecule has 1 unspecified atom stereocenters. The molecule has 0 saturated heterocycles. The molecule has 43 heavy (non-hydrogen) atoms. The van der Waals surface area contributed by atoms with Crippen molar-refractivity contribution in [2.45, 2.75) is 77.3 Å². The van der Waals surface area contributed by atoms with Crippen molar-refractivity contribution >= 4 is 29.2 Å². The summed E-state index contributed by atoms with van der Waals surface area (Å²) in [7, 11) is 0. The van der Waals surface area contributed by atoms with Crippen molar-refractivity contribution in [3.05, 3.63) is 78.5 Å². The highest BCUT2D eigenvalue weighted by atomic mass is 16.5. The summed E-state index contributed by atoms with van der Waals surface area (Å²) >= 11 is 0. The Labute approximate surface area is 254 Å². The summed E-state index contributed by atoms with van der Waals surface area (Å²) in [5.41, 5.74) is 1.16. The highest BCUT2D eigenvalue weighted by Crippen LogP contribution is 2.36. The lowest BCUT2D eigenvalue weighted by Gasteiger charge is -2.34. The maximum atomic E-state index is 14.1. The van der Waals surface area contributed by atoms with Gasteiger partial charge in [-0.2, -0.15) is 0 Å². The second-order valence-corrected chi connectivity index (χ2v) is 10.5. The Bertz CT molecular complexity index is 1330. The van der Waals surface area contributed by atoms with E-state index in [1.807, 2.05) is 50.2 Å². The molecule has 3 aromatic rings. The highest BCUT2D eigenvalue weighted by Gasteiger charge is 2.35. The number of amides is 3. The Balaban J connectivity index is 1.64. The van der Waals surface area contributed by atoms with Crippen molar-refractivity contribution in [3.63, 3.8) is 0 Å². The number of rotatable bonds is 14. The molecule has 1 aromatic heterocycles. The smallest absolute Gasteiger partial charge is 0.248 e. The van der Waals surface area contributed by atoms with Crippen molar-refractivity contribution in [1.29, 1.82) is 0 Å². The van der Waals surface area contributed by atoms with Crippen molar-refractivity contribution in [1.82, 2.24) is 10.3 Å². The van der Waals surface area contributed by atoms with Gasteiger partial charge in [-0.15, -0.1) is 0 Å². The lowest BCUT2D eigenvalue weighted by atomic mass is 9.94. The molecule has 3 amide bonds. The molecule has 0 radical (unpaired) electrons. The quantitative estimate of drug-likeness (QED) is 0.232. The minimum Gasteiger partial charge on any atom is -0.494 e. The number of carbonyl (C=O) groups is 3. The summed E-state index contributed by atoms with van der Waals surface area (Å²) in [4.78, 5) is 46.5. The maximum Gasteiger partial charge on any atom is 0.248 e. The highest BCUT2D eigenvalue weighted by molar-refractivity contribution is 6.02. The number of hydrogen-bond acceptors (Lipinski definition) is 6. The van der Waals surface area contributed by atoms with Crippen LogP contribution in [-0.2, 0) is 14.4 Å². The molecule has 0 aliphatic heterocycles. The Morgan fingerprint density at radius 2 is 1.60 bits per heavy atom. The largest absolute Gasteiger partial charge is 0.494 e. The molecule has 0 bridgehead atoms. The molecule has 1 atom stereocenters. The molecular weight excluding hydrogens is 544 g/mol. The number of ether oxygens (including phenoxy) is 2. The molecule has 1 aliphatic rings. The van der Waals surface area contributed by atoms with Gasteiger partial charge in [0.05, 0.1) is 18.9 Å². The van der Waals surface area contributed by atoms with Gasteiger partial charge < -0.3 is 20.1 Å². The lowest BCUT2D eigenvalue weighted by molar-refractivity contribution is -0.127. The van der Waals surface area contributed by atoms with Crippen molar-refractivity contribution in [2.24, 2.45) is 0 Å². The van der Waals surface area contributed by atoms with Gasteiger partial charge in [-0.05, 0) is 75.1 Å². The van der Waals surface area contributed by atoms with Gasteiger partial charge in [0.2, 0.25) is 17.7 Å². The number of para-hydroxylation sites is 2. The predicted molar refractivity (Wildman–Crippen MR) is 167 cm³/mol. The first-order valence-corrected chi connectivity index (χ1v) is 15.3. The van der Waals surface area contributed by atoms with Crippen LogP contribution in [0.1, 0.15) is 76.8 Å². The number of hydrogen-bond donors (Lipinski definition) is 2. The summed E-state index contributed by atoms with van der Waals surface area (Å²) in [6.07, 6.45) is 7.20. The summed E-state index contributed by atoms with van der Waals surface area (Å²) in [6, 6.07) is 18.9. The van der Waals surface area contributed by atoms with Gasteiger partial charge in [-0.3, -0.25) is 19.3 Å². The fourth-order valence-corrected chi connectivity index (χ4v) is 5.37. The fourth-order valence-electron chi connectivity index (χ4n) is 5.37. The molecule has 1 saturated carbocycles. The molecule has 9 heteroatoms. The monoisotopic (exact) mass is 586 g/mol. The van der Waals surface area contributed by atoms with Crippen LogP contribution in [0.4, 0.5) is 11.5 Å². The zero-order valence-electron chi connectivity index (χ0n) is 25.1.